The van der Waals surface area contributed by atoms with Crippen molar-refractivity contribution in [1.29, 1.82) is 0 Å². The third-order valence-corrected chi connectivity index (χ3v) is 13.1. The smallest absolute Gasteiger partial charge is 0 e. The van der Waals surface area contributed by atoms with Gasteiger partial charge in [-0.15, -0.1) is 18.2 Å². The van der Waals surface area contributed by atoms with Crippen molar-refractivity contribution >= 4 is 45.6 Å². The third-order valence-electron chi connectivity index (χ3n) is 8.57. The van der Waals surface area contributed by atoms with Crippen LogP contribution in [0, 0.1) is 19.1 Å². The Morgan fingerprint density at radius 3 is 2.34 bits per heavy atom. The van der Waals surface area contributed by atoms with Gasteiger partial charge in [0.2, 0.25) is 0 Å². The van der Waals surface area contributed by atoms with E-state index < -0.39 is 19.2 Å². The monoisotopic (exact) mass is 901 g/mol. The van der Waals surface area contributed by atoms with E-state index in [-0.39, 0.29) is 25.7 Å². The second kappa shape index (κ2) is 15.7. The number of aromatic nitrogens is 2. The molecule has 50 heavy (non-hydrogen) atoms. The van der Waals surface area contributed by atoms with Gasteiger partial charge < -0.3 is 9.40 Å². The fourth-order valence-electron chi connectivity index (χ4n) is 6.03. The molecule has 0 atom stereocenters. The van der Waals surface area contributed by atoms with E-state index in [9.17, 15) is 4.79 Å². The molecule has 4 aromatic carbocycles. The van der Waals surface area contributed by atoms with Crippen LogP contribution in [0.1, 0.15) is 41.3 Å². The molecule has 3 aromatic heterocycles. The number of fused-ring (bicyclic) bond motifs is 3. The maximum Gasteiger partial charge on any atom is 0 e. The number of aryl methyl sites for hydroxylation is 1. The van der Waals surface area contributed by atoms with E-state index >= 15 is 0 Å². The summed E-state index contributed by atoms with van der Waals surface area (Å²) < 4.78 is 7.72. The molecular weight excluding hydrogens is 861 g/mol. The SMILES string of the molecule is CC(C)c1ccnc(-c2[c-]ccc3c2oc2cccc(-c4ccccc4)c23)c1.Cc1cc(-c2[c-]cc(C(=O)OO)cc2)nc[c]1[Ge]([CH3])([CH3])[CH3].[Ir]. The topological polar surface area (TPSA) is 85.5 Å². The van der Waals surface area contributed by atoms with E-state index in [1.165, 1.54) is 32.7 Å². The Bertz CT molecular complexity index is 2260. The van der Waals surface area contributed by atoms with Gasteiger partial charge in [-0.05, 0) is 34.9 Å². The van der Waals surface area contributed by atoms with Crippen LogP contribution in [0.25, 0.3) is 55.6 Å². The number of carbonyl (C=O) groups excluding carboxylic acids is 1. The second-order valence-corrected chi connectivity index (χ2v) is 23.9. The van der Waals surface area contributed by atoms with Crippen molar-refractivity contribution in [3.8, 4) is 33.6 Å². The predicted molar refractivity (Wildman–Crippen MR) is 200 cm³/mol. The van der Waals surface area contributed by atoms with Crippen molar-refractivity contribution < 1.29 is 39.5 Å². The van der Waals surface area contributed by atoms with Crippen LogP contribution < -0.4 is 4.40 Å². The molecule has 7 rings (SSSR count). The van der Waals surface area contributed by atoms with Gasteiger partial charge in [0.1, 0.15) is 5.58 Å². The largest absolute Gasteiger partial charge is 0 e. The molecule has 0 unspecified atom stereocenters. The molecule has 0 aliphatic rings. The van der Waals surface area contributed by atoms with Crippen LogP contribution in [0.2, 0.25) is 17.3 Å². The van der Waals surface area contributed by atoms with Crippen molar-refractivity contribution in [2.75, 3.05) is 0 Å². The van der Waals surface area contributed by atoms with Gasteiger partial charge in [0.15, 0.2) is 0 Å². The van der Waals surface area contributed by atoms with E-state index in [1.807, 2.05) is 36.7 Å². The number of furan rings is 1. The minimum absolute atomic E-state index is 0. The predicted octanol–water partition coefficient (Wildman–Crippen LogP) is 10.3. The number of benzene rings is 4. The van der Waals surface area contributed by atoms with Crippen molar-refractivity contribution in [2.24, 2.45) is 0 Å². The zero-order chi connectivity index (χ0) is 34.7. The molecule has 0 aliphatic heterocycles. The second-order valence-electron chi connectivity index (χ2n) is 13.4. The number of carbonyl (C=O) groups is 1. The molecule has 1 N–H and O–H groups in total. The molecule has 255 valence electrons. The van der Waals surface area contributed by atoms with E-state index in [0.29, 0.717) is 5.92 Å². The summed E-state index contributed by atoms with van der Waals surface area (Å²) in [6, 6.07) is 38.2. The summed E-state index contributed by atoms with van der Waals surface area (Å²) in [4.78, 5) is 24.0. The summed E-state index contributed by atoms with van der Waals surface area (Å²) in [6.45, 7) is 6.49. The molecule has 0 aliphatic carbocycles. The zero-order valence-electron chi connectivity index (χ0n) is 28.9. The molecule has 6 nitrogen and oxygen atoms in total. The Hall–Kier alpha value is -4.40. The quantitative estimate of drug-likeness (QED) is 0.0775. The molecule has 8 heteroatoms. The summed E-state index contributed by atoms with van der Waals surface area (Å²) >= 11 is -1.90. The molecule has 0 saturated heterocycles. The van der Waals surface area contributed by atoms with Crippen LogP contribution in [-0.2, 0) is 25.0 Å². The summed E-state index contributed by atoms with van der Waals surface area (Å²) in [6.07, 6.45) is 3.84. The minimum Gasteiger partial charge on any atom is 0 e. The van der Waals surface area contributed by atoms with Crippen molar-refractivity contribution in [1.82, 2.24) is 9.97 Å². The summed E-state index contributed by atoms with van der Waals surface area (Å²) in [5, 5.41) is 10.6. The molecular formula is C42H38GeIrN2O4-2. The first-order chi connectivity index (χ1) is 23.5. The molecule has 0 saturated carbocycles. The van der Waals surface area contributed by atoms with Gasteiger partial charge in [-0.2, -0.15) is 0 Å². The van der Waals surface area contributed by atoms with Crippen molar-refractivity contribution in [3.63, 3.8) is 0 Å². The van der Waals surface area contributed by atoms with Gasteiger partial charge in [-0.3, -0.25) is 0 Å². The van der Waals surface area contributed by atoms with Crippen LogP contribution in [0.5, 0.6) is 0 Å². The Labute approximate surface area is 309 Å². The summed E-state index contributed by atoms with van der Waals surface area (Å²) in [5.74, 6) is 6.67. The molecule has 0 fully saturated rings. The average Bonchev–Trinajstić information content (AvgIpc) is 3.51. The van der Waals surface area contributed by atoms with Crippen LogP contribution in [0.4, 0.5) is 0 Å². The van der Waals surface area contributed by atoms with Gasteiger partial charge >= 0.3 is 127 Å². The molecule has 0 amide bonds. The number of hydrogen-bond acceptors (Lipinski definition) is 6. The van der Waals surface area contributed by atoms with Crippen molar-refractivity contribution in [2.45, 2.75) is 44.0 Å². The number of pyridine rings is 2. The maximum absolute atomic E-state index is 11.2. The van der Waals surface area contributed by atoms with E-state index in [2.05, 4.69) is 120 Å². The van der Waals surface area contributed by atoms with Crippen molar-refractivity contribution in [3.05, 3.63) is 138 Å². The van der Waals surface area contributed by atoms with Crippen LogP contribution in [0.3, 0.4) is 0 Å². The van der Waals surface area contributed by atoms with Gasteiger partial charge in [0, 0.05) is 31.7 Å². The Morgan fingerprint density at radius 2 is 1.68 bits per heavy atom. The number of rotatable bonds is 6. The molecule has 0 bridgehead atoms. The standard InChI is InChI=1S/C26H20NO.C16H18GeNO3.Ir/c1-17(2)19-14-15-27-23(16-19)21-11-6-12-22-25-20(18-8-4-3-5-9-18)10-7-13-24(25)28-26(21)22;1-11-9-15(18-10-14(11)17(2,3)4)12-5-7-13(8-6-12)16(19)21-20;/h3-10,12-17H,1-2H3;5,7-10,20H,1-4H3;/q2*-1;. The Balaban J connectivity index is 0.000000199. The fraction of sp³-hybridized carbons (Fsp3) is 0.167. The van der Waals surface area contributed by atoms with Crippen LogP contribution in [-0.4, -0.2) is 34.5 Å². The number of hydrogen-bond donors (Lipinski definition) is 1. The third kappa shape index (κ3) is 7.82. The van der Waals surface area contributed by atoms with Crippen LogP contribution in [0.15, 0.2) is 114 Å². The first kappa shape index (κ1) is 36.9. The molecule has 1 radical (unpaired) electrons. The molecule has 0 spiro atoms. The normalized spacial score (nSPS) is 11.2. The minimum atomic E-state index is -1.90. The molecule has 7 aromatic rings. The van der Waals surface area contributed by atoms with Gasteiger partial charge in [-0.25, -0.2) is 0 Å². The van der Waals surface area contributed by atoms with Gasteiger partial charge in [0.05, 0.1) is 5.58 Å². The molecule has 3 heterocycles. The zero-order valence-corrected chi connectivity index (χ0v) is 33.4. The first-order valence-electron chi connectivity index (χ1n) is 16.3. The Kier molecular flexibility index (Phi) is 11.5. The van der Waals surface area contributed by atoms with E-state index in [0.717, 1.165) is 44.5 Å². The average molecular weight is 900 g/mol. The summed E-state index contributed by atoms with van der Waals surface area (Å²) in [7, 11) is 0. The van der Waals surface area contributed by atoms with Gasteiger partial charge in [-0.1, -0.05) is 78.9 Å². The van der Waals surface area contributed by atoms with Gasteiger partial charge in [0.25, 0.3) is 0 Å². The van der Waals surface area contributed by atoms with Crippen LogP contribution >= 0.6 is 0 Å². The number of nitrogens with zero attached hydrogens (tertiary/aromatic N) is 2. The summed E-state index contributed by atoms with van der Waals surface area (Å²) in [5.41, 5.74) is 10.3. The van der Waals surface area contributed by atoms with E-state index in [1.54, 1.807) is 12.1 Å². The van der Waals surface area contributed by atoms with E-state index in [4.69, 9.17) is 9.67 Å². The first-order valence-corrected chi connectivity index (χ1v) is 23.6. The Morgan fingerprint density at radius 1 is 0.900 bits per heavy atom. The fourth-order valence-corrected chi connectivity index (χ4v) is 9.62. The maximum atomic E-state index is 11.2.